The van der Waals surface area contributed by atoms with Crippen molar-refractivity contribution in [3.63, 3.8) is 0 Å². The number of pyridine rings is 1. The molecule has 3 nitrogen and oxygen atoms in total. The average molecular weight is 287 g/mol. The van der Waals surface area contributed by atoms with E-state index in [9.17, 15) is 4.79 Å². The molecule has 1 aromatic heterocycles. The lowest BCUT2D eigenvalue weighted by molar-refractivity contribution is 0.0690. The summed E-state index contributed by atoms with van der Waals surface area (Å²) >= 11 is 1.57. The van der Waals surface area contributed by atoms with Crippen molar-refractivity contribution in [3.05, 3.63) is 53.9 Å². The van der Waals surface area contributed by atoms with Crippen molar-refractivity contribution >= 4 is 17.7 Å². The Labute approximate surface area is 123 Å². The number of hydrogen-bond acceptors (Lipinski definition) is 3. The molecule has 0 amide bonds. The monoisotopic (exact) mass is 287 g/mol. The van der Waals surface area contributed by atoms with Crippen molar-refractivity contribution in [3.8, 4) is 0 Å². The number of nitrogens with zero attached hydrogens (tertiary/aromatic N) is 1. The van der Waals surface area contributed by atoms with Gasteiger partial charge in [-0.05, 0) is 35.2 Å². The summed E-state index contributed by atoms with van der Waals surface area (Å²) in [4.78, 5) is 16.7. The Morgan fingerprint density at radius 2 is 1.65 bits per heavy atom. The molecule has 2 aromatic rings. The highest BCUT2D eigenvalue weighted by Crippen LogP contribution is 2.29. The molecule has 1 aromatic carbocycles. The van der Waals surface area contributed by atoms with Gasteiger partial charge < -0.3 is 5.11 Å². The first kappa shape index (κ1) is 14.6. The first-order valence-corrected chi connectivity index (χ1v) is 7.16. The SMILES string of the molecule is CC(C)(C)c1ccc(Sc2ccc(C(=O)O)nc2)cc1. The molecule has 0 bridgehead atoms. The third kappa shape index (κ3) is 3.61. The van der Waals surface area contributed by atoms with E-state index >= 15 is 0 Å². The van der Waals surface area contributed by atoms with Crippen molar-refractivity contribution < 1.29 is 9.90 Å². The fraction of sp³-hybridized carbons (Fsp3) is 0.250. The van der Waals surface area contributed by atoms with Crippen LogP contribution in [0.2, 0.25) is 0 Å². The fourth-order valence-corrected chi connectivity index (χ4v) is 2.51. The number of hydrogen-bond donors (Lipinski definition) is 1. The van der Waals surface area contributed by atoms with Crippen LogP contribution in [0.15, 0.2) is 52.4 Å². The molecule has 20 heavy (non-hydrogen) atoms. The maximum atomic E-state index is 10.7. The van der Waals surface area contributed by atoms with Gasteiger partial charge in [0.1, 0.15) is 5.69 Å². The van der Waals surface area contributed by atoms with Gasteiger partial charge in [0.05, 0.1) is 0 Å². The lowest BCUT2D eigenvalue weighted by atomic mass is 9.87. The van der Waals surface area contributed by atoms with E-state index in [1.807, 2.05) is 0 Å². The molecule has 0 saturated carbocycles. The van der Waals surface area contributed by atoms with Crippen molar-refractivity contribution in [2.45, 2.75) is 36.0 Å². The van der Waals surface area contributed by atoms with Crippen LogP contribution in [0, 0.1) is 0 Å². The Kier molecular flexibility index (Phi) is 4.14. The molecule has 104 valence electrons. The van der Waals surface area contributed by atoms with Crippen molar-refractivity contribution in [1.29, 1.82) is 0 Å². The molecule has 4 heteroatoms. The third-order valence-corrected chi connectivity index (χ3v) is 3.90. The normalized spacial score (nSPS) is 11.3. The molecule has 0 radical (unpaired) electrons. The summed E-state index contributed by atoms with van der Waals surface area (Å²) in [5.74, 6) is -1.00. The predicted molar refractivity (Wildman–Crippen MR) is 80.5 cm³/mol. The first-order valence-electron chi connectivity index (χ1n) is 6.34. The summed E-state index contributed by atoms with van der Waals surface area (Å²) in [6.45, 7) is 6.55. The molecule has 1 heterocycles. The van der Waals surface area contributed by atoms with Gasteiger partial charge in [-0.15, -0.1) is 0 Å². The number of rotatable bonds is 3. The van der Waals surface area contributed by atoms with E-state index in [0.717, 1.165) is 9.79 Å². The minimum absolute atomic E-state index is 0.0671. The Morgan fingerprint density at radius 3 is 2.10 bits per heavy atom. The average Bonchev–Trinajstić information content (AvgIpc) is 2.39. The second-order valence-corrected chi connectivity index (χ2v) is 6.71. The number of aromatic nitrogens is 1. The van der Waals surface area contributed by atoms with Crippen LogP contribution in [-0.2, 0) is 5.41 Å². The molecule has 2 rings (SSSR count). The van der Waals surface area contributed by atoms with Crippen LogP contribution in [0.1, 0.15) is 36.8 Å². The van der Waals surface area contributed by atoms with E-state index in [2.05, 4.69) is 50.0 Å². The molecule has 0 fully saturated rings. The van der Waals surface area contributed by atoms with Crippen LogP contribution in [-0.4, -0.2) is 16.1 Å². The van der Waals surface area contributed by atoms with Crippen LogP contribution in [0.4, 0.5) is 0 Å². The minimum atomic E-state index is -1.00. The summed E-state index contributed by atoms with van der Waals surface area (Å²) in [5.41, 5.74) is 1.51. The topological polar surface area (TPSA) is 50.2 Å². The maximum Gasteiger partial charge on any atom is 0.354 e. The van der Waals surface area contributed by atoms with Gasteiger partial charge in [0, 0.05) is 16.0 Å². The largest absolute Gasteiger partial charge is 0.477 e. The molecular weight excluding hydrogens is 270 g/mol. The zero-order valence-corrected chi connectivity index (χ0v) is 12.6. The highest BCUT2D eigenvalue weighted by Gasteiger charge is 2.13. The molecule has 1 N–H and O–H groups in total. The van der Waals surface area contributed by atoms with Gasteiger partial charge in [0.2, 0.25) is 0 Å². The third-order valence-electron chi connectivity index (χ3n) is 2.91. The summed E-state index contributed by atoms with van der Waals surface area (Å²) < 4.78 is 0. The van der Waals surface area contributed by atoms with E-state index in [1.165, 1.54) is 11.6 Å². The van der Waals surface area contributed by atoms with E-state index in [0.29, 0.717) is 0 Å². The quantitative estimate of drug-likeness (QED) is 0.918. The van der Waals surface area contributed by atoms with Crippen LogP contribution in [0.25, 0.3) is 0 Å². The summed E-state index contributed by atoms with van der Waals surface area (Å²) in [7, 11) is 0. The Morgan fingerprint density at radius 1 is 1.05 bits per heavy atom. The molecule has 0 aliphatic heterocycles. The van der Waals surface area contributed by atoms with E-state index < -0.39 is 5.97 Å². The van der Waals surface area contributed by atoms with Gasteiger partial charge in [-0.2, -0.15) is 0 Å². The highest BCUT2D eigenvalue weighted by atomic mass is 32.2. The zero-order chi connectivity index (χ0) is 14.8. The van der Waals surface area contributed by atoms with Crippen molar-refractivity contribution in [1.82, 2.24) is 4.98 Å². The van der Waals surface area contributed by atoms with Crippen LogP contribution >= 0.6 is 11.8 Å². The second kappa shape index (κ2) is 5.67. The number of aromatic carboxylic acids is 1. The summed E-state index contributed by atoms with van der Waals surface area (Å²) in [5, 5.41) is 8.80. The molecule has 0 saturated heterocycles. The van der Waals surface area contributed by atoms with Crippen LogP contribution < -0.4 is 0 Å². The van der Waals surface area contributed by atoms with Crippen LogP contribution in [0.3, 0.4) is 0 Å². The molecule has 0 spiro atoms. The number of benzene rings is 1. The van der Waals surface area contributed by atoms with E-state index in [1.54, 1.807) is 24.0 Å². The fourth-order valence-electron chi connectivity index (χ4n) is 1.73. The second-order valence-electron chi connectivity index (χ2n) is 5.56. The van der Waals surface area contributed by atoms with Gasteiger partial charge >= 0.3 is 5.97 Å². The molecule has 0 aliphatic carbocycles. The van der Waals surface area contributed by atoms with Gasteiger partial charge in [-0.3, -0.25) is 0 Å². The van der Waals surface area contributed by atoms with Gasteiger partial charge in [0.15, 0.2) is 0 Å². The molecular formula is C16H17NO2S. The van der Waals surface area contributed by atoms with E-state index in [-0.39, 0.29) is 11.1 Å². The van der Waals surface area contributed by atoms with Crippen LogP contribution in [0.5, 0.6) is 0 Å². The summed E-state index contributed by atoms with van der Waals surface area (Å²) in [6, 6.07) is 11.7. The Hall–Kier alpha value is -1.81. The maximum absolute atomic E-state index is 10.7. The number of carboxylic acid groups (broad SMARTS) is 1. The number of carboxylic acids is 1. The standard InChI is InChI=1S/C16H17NO2S/c1-16(2,3)11-4-6-12(7-5-11)20-13-8-9-14(15(18)19)17-10-13/h4-10H,1-3H3,(H,18,19). The predicted octanol–water partition coefficient (Wildman–Crippen LogP) is 4.23. The molecule has 0 atom stereocenters. The summed E-state index contributed by atoms with van der Waals surface area (Å²) in [6.07, 6.45) is 1.59. The lowest BCUT2D eigenvalue weighted by Crippen LogP contribution is -2.10. The first-order chi connectivity index (χ1) is 9.36. The van der Waals surface area contributed by atoms with Gasteiger partial charge in [-0.25, -0.2) is 9.78 Å². The van der Waals surface area contributed by atoms with Gasteiger partial charge in [0.25, 0.3) is 0 Å². The Bertz CT molecular complexity index is 598. The number of carbonyl (C=O) groups is 1. The smallest absolute Gasteiger partial charge is 0.354 e. The lowest BCUT2D eigenvalue weighted by Gasteiger charge is -2.19. The van der Waals surface area contributed by atoms with Crippen molar-refractivity contribution in [2.75, 3.05) is 0 Å². The van der Waals surface area contributed by atoms with Gasteiger partial charge in [-0.1, -0.05) is 44.7 Å². The minimum Gasteiger partial charge on any atom is -0.477 e. The molecule has 0 unspecified atom stereocenters. The zero-order valence-electron chi connectivity index (χ0n) is 11.8. The molecule has 0 aliphatic rings. The Balaban J connectivity index is 2.12. The van der Waals surface area contributed by atoms with Crippen molar-refractivity contribution in [2.24, 2.45) is 0 Å². The van der Waals surface area contributed by atoms with E-state index in [4.69, 9.17) is 5.11 Å². The highest BCUT2D eigenvalue weighted by molar-refractivity contribution is 7.99.